The first-order chi connectivity index (χ1) is 11.3. The number of amides is 5. The minimum Gasteiger partial charge on any atom is -0.352 e. The summed E-state index contributed by atoms with van der Waals surface area (Å²) in [6, 6.07) is 4.90. The van der Waals surface area contributed by atoms with Crippen molar-refractivity contribution in [3.05, 3.63) is 29.8 Å². The quantitative estimate of drug-likeness (QED) is 0.591. The average Bonchev–Trinajstić information content (AvgIpc) is 2.83. The van der Waals surface area contributed by atoms with Crippen LogP contribution in [0.5, 0.6) is 0 Å². The van der Waals surface area contributed by atoms with Crippen molar-refractivity contribution in [3.63, 3.8) is 0 Å². The molecule has 0 saturated carbocycles. The molecule has 5 amide bonds. The molecule has 1 aliphatic heterocycles. The van der Waals surface area contributed by atoms with Crippen molar-refractivity contribution in [3.8, 4) is 0 Å². The van der Waals surface area contributed by atoms with Crippen LogP contribution in [-0.2, 0) is 9.59 Å². The van der Waals surface area contributed by atoms with Gasteiger partial charge in [0, 0.05) is 17.8 Å². The third-order valence-corrected chi connectivity index (χ3v) is 3.35. The van der Waals surface area contributed by atoms with Gasteiger partial charge in [-0.15, -0.1) is 0 Å². The molecule has 4 N–H and O–H groups in total. The molecule has 0 bridgehead atoms. The molecule has 8 nitrogen and oxygen atoms in total. The van der Waals surface area contributed by atoms with Gasteiger partial charge in [0.25, 0.3) is 5.91 Å². The van der Waals surface area contributed by atoms with Crippen LogP contribution in [0.3, 0.4) is 0 Å². The second-order valence-corrected chi connectivity index (χ2v) is 5.95. The molecule has 1 aromatic rings. The maximum Gasteiger partial charge on any atom is 0.319 e. The Morgan fingerprint density at radius 3 is 2.42 bits per heavy atom. The van der Waals surface area contributed by atoms with Crippen LogP contribution in [0.4, 0.5) is 10.5 Å². The number of hydrogen-bond acceptors (Lipinski definition) is 4. The summed E-state index contributed by atoms with van der Waals surface area (Å²) in [7, 11) is 0. The van der Waals surface area contributed by atoms with Crippen molar-refractivity contribution < 1.29 is 19.2 Å². The predicted octanol–water partition coefficient (Wildman–Crippen LogP) is 0.609. The molecule has 1 atom stereocenters. The molecule has 0 spiro atoms. The average molecular weight is 332 g/mol. The highest BCUT2D eigenvalue weighted by Gasteiger charge is 2.31. The van der Waals surface area contributed by atoms with Gasteiger partial charge in [-0.1, -0.05) is 13.8 Å². The Kier molecular flexibility index (Phi) is 5.51. The van der Waals surface area contributed by atoms with Crippen molar-refractivity contribution >= 4 is 29.4 Å². The molecular formula is C16H20N4O4. The number of benzene rings is 1. The summed E-state index contributed by atoms with van der Waals surface area (Å²) >= 11 is 0. The third-order valence-electron chi connectivity index (χ3n) is 3.35. The van der Waals surface area contributed by atoms with Crippen LogP contribution in [0.15, 0.2) is 24.3 Å². The fourth-order valence-corrected chi connectivity index (χ4v) is 2.10. The Hall–Kier alpha value is -2.90. The van der Waals surface area contributed by atoms with E-state index in [9.17, 15) is 19.2 Å². The molecule has 128 valence electrons. The molecule has 1 fully saturated rings. The van der Waals surface area contributed by atoms with E-state index in [1.54, 1.807) is 24.3 Å². The lowest BCUT2D eigenvalue weighted by Gasteiger charge is -2.11. The number of rotatable bonds is 5. The maximum atomic E-state index is 11.9. The second kappa shape index (κ2) is 7.58. The number of urea groups is 1. The fraction of sp³-hybridized carbons (Fsp3) is 0.375. The number of nitrogens with one attached hydrogen (secondary N) is 4. The van der Waals surface area contributed by atoms with Crippen molar-refractivity contribution in [2.45, 2.75) is 26.3 Å². The molecule has 2 rings (SSSR count). The van der Waals surface area contributed by atoms with Gasteiger partial charge in [0.05, 0.1) is 6.42 Å². The molecule has 1 aliphatic rings. The van der Waals surface area contributed by atoms with E-state index in [4.69, 9.17) is 0 Å². The highest BCUT2D eigenvalue weighted by molar-refractivity contribution is 6.07. The highest BCUT2D eigenvalue weighted by atomic mass is 16.2. The lowest BCUT2D eigenvalue weighted by atomic mass is 10.1. The van der Waals surface area contributed by atoms with E-state index in [1.165, 1.54) is 0 Å². The van der Waals surface area contributed by atoms with Gasteiger partial charge >= 0.3 is 6.03 Å². The van der Waals surface area contributed by atoms with E-state index in [-0.39, 0.29) is 12.3 Å². The van der Waals surface area contributed by atoms with E-state index >= 15 is 0 Å². The normalized spacial score (nSPS) is 16.7. The number of carbonyl (C=O) groups is 4. The lowest BCUT2D eigenvalue weighted by molar-refractivity contribution is -0.125. The molecular weight excluding hydrogens is 312 g/mol. The molecule has 8 heteroatoms. The van der Waals surface area contributed by atoms with E-state index in [0.29, 0.717) is 23.7 Å². The monoisotopic (exact) mass is 332 g/mol. The van der Waals surface area contributed by atoms with Crippen molar-refractivity contribution in [1.82, 2.24) is 16.0 Å². The Morgan fingerprint density at radius 1 is 1.21 bits per heavy atom. The van der Waals surface area contributed by atoms with E-state index in [0.717, 1.165) is 0 Å². The third kappa shape index (κ3) is 4.80. The molecule has 1 heterocycles. The van der Waals surface area contributed by atoms with Crippen LogP contribution < -0.4 is 21.3 Å². The smallest absolute Gasteiger partial charge is 0.319 e. The van der Waals surface area contributed by atoms with Gasteiger partial charge in [-0.3, -0.25) is 19.7 Å². The first-order valence-corrected chi connectivity index (χ1v) is 7.64. The summed E-state index contributed by atoms with van der Waals surface area (Å²) in [6.45, 7) is 4.59. The summed E-state index contributed by atoms with van der Waals surface area (Å²) in [6.07, 6.45) is -0.0682. The topological polar surface area (TPSA) is 116 Å². The Labute approximate surface area is 139 Å². The Morgan fingerprint density at radius 2 is 1.88 bits per heavy atom. The summed E-state index contributed by atoms with van der Waals surface area (Å²) in [4.78, 5) is 46.2. The van der Waals surface area contributed by atoms with Crippen molar-refractivity contribution in [2.75, 3.05) is 11.9 Å². The molecule has 0 aromatic heterocycles. The van der Waals surface area contributed by atoms with Crippen LogP contribution >= 0.6 is 0 Å². The Balaban J connectivity index is 1.87. The van der Waals surface area contributed by atoms with Crippen LogP contribution in [0, 0.1) is 5.92 Å². The van der Waals surface area contributed by atoms with Crippen molar-refractivity contribution in [1.29, 1.82) is 0 Å². The highest BCUT2D eigenvalue weighted by Crippen LogP contribution is 2.10. The SMILES string of the molecule is CC(C)CNC(=O)c1ccc(NC(=O)NC2CC(=O)NC2=O)cc1. The van der Waals surface area contributed by atoms with Gasteiger partial charge in [-0.2, -0.15) is 0 Å². The van der Waals surface area contributed by atoms with Crippen LogP contribution in [0.1, 0.15) is 30.6 Å². The summed E-state index contributed by atoms with van der Waals surface area (Å²) in [5.41, 5.74) is 0.958. The fourth-order valence-electron chi connectivity index (χ4n) is 2.10. The zero-order chi connectivity index (χ0) is 17.7. The van der Waals surface area contributed by atoms with Gasteiger partial charge in [0.1, 0.15) is 6.04 Å². The number of carbonyl (C=O) groups excluding carboxylic acids is 4. The summed E-state index contributed by atoms with van der Waals surface area (Å²) < 4.78 is 0. The van der Waals surface area contributed by atoms with Gasteiger partial charge in [-0.05, 0) is 30.2 Å². The molecule has 1 aromatic carbocycles. The van der Waals surface area contributed by atoms with E-state index < -0.39 is 23.9 Å². The zero-order valence-corrected chi connectivity index (χ0v) is 13.5. The van der Waals surface area contributed by atoms with Crippen LogP contribution in [0.25, 0.3) is 0 Å². The van der Waals surface area contributed by atoms with Crippen molar-refractivity contribution in [2.24, 2.45) is 5.92 Å². The first-order valence-electron chi connectivity index (χ1n) is 7.64. The second-order valence-electron chi connectivity index (χ2n) is 5.95. The lowest BCUT2D eigenvalue weighted by Crippen LogP contribution is -2.42. The van der Waals surface area contributed by atoms with E-state index in [1.807, 2.05) is 13.8 Å². The minimum atomic E-state index is -0.862. The largest absolute Gasteiger partial charge is 0.352 e. The van der Waals surface area contributed by atoms with Gasteiger partial charge < -0.3 is 16.0 Å². The molecule has 0 aliphatic carbocycles. The molecule has 24 heavy (non-hydrogen) atoms. The molecule has 1 saturated heterocycles. The van der Waals surface area contributed by atoms with Gasteiger partial charge in [0.15, 0.2) is 0 Å². The first kappa shape index (κ1) is 17.5. The maximum absolute atomic E-state index is 11.9. The van der Waals surface area contributed by atoms with Crippen LogP contribution in [-0.4, -0.2) is 36.3 Å². The Bertz CT molecular complexity index is 655. The number of imide groups is 1. The number of hydrogen-bond donors (Lipinski definition) is 4. The summed E-state index contributed by atoms with van der Waals surface area (Å²) in [5, 5.41) is 9.87. The minimum absolute atomic E-state index is 0.0682. The predicted molar refractivity (Wildman–Crippen MR) is 87.3 cm³/mol. The standard InChI is InChI=1S/C16H20N4O4/c1-9(2)8-17-14(22)10-3-5-11(6-4-10)18-16(24)19-12-7-13(21)20-15(12)23/h3-6,9,12H,7-8H2,1-2H3,(H,17,22)(H2,18,19,24)(H,20,21,23). The summed E-state index contributed by atoms with van der Waals surface area (Å²) in [5.74, 6) is -0.756. The van der Waals surface area contributed by atoms with Gasteiger partial charge in [0.2, 0.25) is 11.8 Å². The zero-order valence-electron chi connectivity index (χ0n) is 13.5. The van der Waals surface area contributed by atoms with Crippen LogP contribution in [0.2, 0.25) is 0 Å². The van der Waals surface area contributed by atoms with E-state index in [2.05, 4.69) is 21.3 Å². The number of anilines is 1. The molecule has 1 unspecified atom stereocenters. The molecule has 0 radical (unpaired) electrons. The van der Waals surface area contributed by atoms with Gasteiger partial charge in [-0.25, -0.2) is 4.79 Å².